The van der Waals surface area contributed by atoms with E-state index in [0.29, 0.717) is 23.5 Å². The Hall–Kier alpha value is -3.32. The van der Waals surface area contributed by atoms with Gasteiger partial charge in [-0.05, 0) is 73.0 Å². The number of nitrogens with one attached hydrogen (secondary N) is 1. The van der Waals surface area contributed by atoms with Crippen molar-refractivity contribution in [1.82, 2.24) is 0 Å². The Labute approximate surface area is 203 Å². The molecule has 3 aromatic rings. The number of amides is 2. The number of ether oxygens (including phenoxy) is 2. The minimum atomic E-state index is -0.147. The summed E-state index contributed by atoms with van der Waals surface area (Å²) >= 11 is 1.40. The molecular weight excluding hydrogens is 448 g/mol. The molecule has 1 unspecified atom stereocenters. The number of anilines is 2. The van der Waals surface area contributed by atoms with Gasteiger partial charge in [0.05, 0.1) is 18.1 Å². The van der Waals surface area contributed by atoms with Gasteiger partial charge in [-0.15, -0.1) is 11.3 Å². The van der Waals surface area contributed by atoms with E-state index in [1.165, 1.54) is 24.2 Å². The van der Waals surface area contributed by atoms with E-state index < -0.39 is 0 Å². The van der Waals surface area contributed by atoms with Gasteiger partial charge < -0.3 is 19.7 Å². The van der Waals surface area contributed by atoms with Gasteiger partial charge in [-0.3, -0.25) is 9.59 Å². The minimum absolute atomic E-state index is 0.0636. The average molecular weight is 477 g/mol. The number of rotatable bonds is 7. The summed E-state index contributed by atoms with van der Waals surface area (Å²) in [5.74, 6) is 1.47. The fourth-order valence-electron chi connectivity index (χ4n) is 4.76. The molecule has 0 spiro atoms. The van der Waals surface area contributed by atoms with Crippen LogP contribution in [0.3, 0.4) is 0 Å². The summed E-state index contributed by atoms with van der Waals surface area (Å²) in [6.07, 6.45) is 5.21. The zero-order valence-electron chi connectivity index (χ0n) is 19.2. The molecule has 2 fully saturated rings. The van der Waals surface area contributed by atoms with Crippen molar-refractivity contribution in [3.05, 3.63) is 70.4 Å². The van der Waals surface area contributed by atoms with Gasteiger partial charge in [0.15, 0.2) is 11.5 Å². The molecule has 6 nitrogen and oxygen atoms in total. The summed E-state index contributed by atoms with van der Waals surface area (Å²) in [7, 11) is 1.65. The Morgan fingerprint density at radius 3 is 2.68 bits per heavy atom. The van der Waals surface area contributed by atoms with Crippen LogP contribution in [-0.4, -0.2) is 31.6 Å². The highest BCUT2D eigenvalue weighted by molar-refractivity contribution is 7.12. The smallest absolute Gasteiger partial charge is 0.265 e. The number of benzene rings is 2. The van der Waals surface area contributed by atoms with Crippen molar-refractivity contribution >= 4 is 34.5 Å². The maximum absolute atomic E-state index is 12.9. The van der Waals surface area contributed by atoms with Crippen molar-refractivity contribution in [2.75, 3.05) is 23.9 Å². The molecule has 1 saturated carbocycles. The van der Waals surface area contributed by atoms with Crippen molar-refractivity contribution in [2.24, 2.45) is 0 Å². The lowest BCUT2D eigenvalue weighted by Crippen LogP contribution is -2.24. The molecule has 7 heteroatoms. The molecule has 1 aliphatic carbocycles. The molecule has 176 valence electrons. The first-order valence-corrected chi connectivity index (χ1v) is 12.6. The average Bonchev–Trinajstić information content (AvgIpc) is 3.62. The number of hydrogen-bond acceptors (Lipinski definition) is 5. The van der Waals surface area contributed by atoms with Crippen LogP contribution in [0.5, 0.6) is 11.5 Å². The van der Waals surface area contributed by atoms with Crippen LogP contribution in [0.15, 0.2) is 60.0 Å². The highest BCUT2D eigenvalue weighted by Crippen LogP contribution is 2.38. The lowest BCUT2D eigenvalue weighted by molar-refractivity contribution is -0.117. The Kier molecular flexibility index (Phi) is 6.54. The first-order valence-electron chi connectivity index (χ1n) is 11.7. The van der Waals surface area contributed by atoms with E-state index in [1.807, 2.05) is 53.9 Å². The third-order valence-corrected chi connectivity index (χ3v) is 7.41. The van der Waals surface area contributed by atoms with E-state index in [1.54, 1.807) is 18.1 Å². The zero-order valence-corrected chi connectivity index (χ0v) is 20.0. The fourth-order valence-corrected chi connectivity index (χ4v) is 5.38. The summed E-state index contributed by atoms with van der Waals surface area (Å²) in [5, 5.41) is 4.80. The monoisotopic (exact) mass is 476 g/mol. The molecule has 1 saturated heterocycles. The van der Waals surface area contributed by atoms with Crippen LogP contribution < -0.4 is 19.7 Å². The Morgan fingerprint density at radius 2 is 1.91 bits per heavy atom. The third-order valence-electron chi connectivity index (χ3n) is 6.54. The zero-order chi connectivity index (χ0) is 23.5. The molecule has 2 amide bonds. The summed E-state index contributed by atoms with van der Waals surface area (Å²) in [5.41, 5.74) is 2.53. The number of carbonyl (C=O) groups excluding carboxylic acids is 2. The highest BCUT2D eigenvalue weighted by atomic mass is 32.1. The first kappa shape index (κ1) is 22.5. The fraction of sp³-hybridized carbons (Fsp3) is 0.333. The lowest BCUT2D eigenvalue weighted by Gasteiger charge is -2.20. The minimum Gasteiger partial charge on any atom is -0.493 e. The van der Waals surface area contributed by atoms with Gasteiger partial charge >= 0.3 is 0 Å². The van der Waals surface area contributed by atoms with Gasteiger partial charge in [0.25, 0.3) is 5.91 Å². The molecule has 1 aliphatic heterocycles. The molecule has 0 bridgehead atoms. The standard InChI is InChI=1S/C27H28N2O4S/c1-32-23-12-11-18(14-24(23)33-22-8-2-3-9-22)19-15-26(30)29(17-19)21-7-4-6-20(16-21)28-27(31)25-10-5-13-34-25/h4-7,10-14,16,19,22H,2-3,8-9,15,17H2,1H3,(H,28,31). The largest absolute Gasteiger partial charge is 0.493 e. The highest BCUT2D eigenvalue weighted by Gasteiger charge is 2.32. The van der Waals surface area contributed by atoms with Crippen LogP contribution in [0, 0.1) is 0 Å². The summed E-state index contributed by atoms with van der Waals surface area (Å²) in [6.45, 7) is 0.580. The number of methoxy groups -OCH3 is 1. The molecule has 34 heavy (non-hydrogen) atoms. The van der Waals surface area contributed by atoms with E-state index in [0.717, 1.165) is 35.6 Å². The normalized spacial score (nSPS) is 18.3. The van der Waals surface area contributed by atoms with Crippen molar-refractivity contribution in [1.29, 1.82) is 0 Å². The maximum atomic E-state index is 12.9. The first-order chi connectivity index (χ1) is 16.6. The molecule has 1 aromatic heterocycles. The quantitative estimate of drug-likeness (QED) is 0.464. The maximum Gasteiger partial charge on any atom is 0.265 e. The number of carbonyl (C=O) groups is 2. The van der Waals surface area contributed by atoms with E-state index >= 15 is 0 Å². The molecule has 1 N–H and O–H groups in total. The predicted molar refractivity (Wildman–Crippen MR) is 134 cm³/mol. The van der Waals surface area contributed by atoms with Gasteiger partial charge in [0.1, 0.15) is 0 Å². The van der Waals surface area contributed by atoms with Gasteiger partial charge in [0, 0.05) is 30.3 Å². The predicted octanol–water partition coefficient (Wildman–Crippen LogP) is 5.85. The molecule has 2 aromatic carbocycles. The number of thiophene rings is 1. The van der Waals surface area contributed by atoms with Gasteiger partial charge in [-0.25, -0.2) is 0 Å². The molecule has 5 rings (SSSR count). The van der Waals surface area contributed by atoms with E-state index in [4.69, 9.17) is 9.47 Å². The van der Waals surface area contributed by atoms with Crippen molar-refractivity contribution in [2.45, 2.75) is 44.1 Å². The third kappa shape index (κ3) is 4.80. The van der Waals surface area contributed by atoms with E-state index in [-0.39, 0.29) is 23.8 Å². The molecule has 1 atom stereocenters. The summed E-state index contributed by atoms with van der Waals surface area (Å²) in [4.78, 5) is 27.8. The Morgan fingerprint density at radius 1 is 1.06 bits per heavy atom. The number of hydrogen-bond donors (Lipinski definition) is 1. The second kappa shape index (κ2) is 9.89. The topological polar surface area (TPSA) is 67.9 Å². The Bertz CT molecular complexity index is 1170. The molecule has 0 radical (unpaired) electrons. The van der Waals surface area contributed by atoms with Gasteiger partial charge in [-0.1, -0.05) is 18.2 Å². The van der Waals surface area contributed by atoms with Crippen molar-refractivity contribution in [3.8, 4) is 11.5 Å². The van der Waals surface area contributed by atoms with Crippen molar-refractivity contribution in [3.63, 3.8) is 0 Å². The van der Waals surface area contributed by atoms with Crippen LogP contribution in [-0.2, 0) is 4.79 Å². The second-order valence-corrected chi connectivity index (χ2v) is 9.77. The van der Waals surface area contributed by atoms with Gasteiger partial charge in [0.2, 0.25) is 5.91 Å². The molecular formula is C27H28N2O4S. The van der Waals surface area contributed by atoms with E-state index in [9.17, 15) is 9.59 Å². The molecule has 2 aliphatic rings. The SMILES string of the molecule is COc1ccc(C2CC(=O)N(c3cccc(NC(=O)c4cccs4)c3)C2)cc1OC1CCCC1. The van der Waals surface area contributed by atoms with Crippen LogP contribution in [0.25, 0.3) is 0 Å². The molecule has 2 heterocycles. The summed E-state index contributed by atoms with van der Waals surface area (Å²) in [6, 6.07) is 17.1. The lowest BCUT2D eigenvalue weighted by atomic mass is 9.98. The van der Waals surface area contributed by atoms with Crippen molar-refractivity contribution < 1.29 is 19.1 Å². The van der Waals surface area contributed by atoms with Crippen LogP contribution >= 0.6 is 11.3 Å². The summed E-state index contributed by atoms with van der Waals surface area (Å²) < 4.78 is 11.8. The van der Waals surface area contributed by atoms with Crippen LogP contribution in [0.1, 0.15) is 53.3 Å². The van der Waals surface area contributed by atoms with Crippen LogP contribution in [0.4, 0.5) is 11.4 Å². The Balaban J connectivity index is 1.31. The van der Waals surface area contributed by atoms with Crippen LogP contribution in [0.2, 0.25) is 0 Å². The number of nitrogens with zero attached hydrogens (tertiary/aromatic N) is 1. The van der Waals surface area contributed by atoms with Gasteiger partial charge in [-0.2, -0.15) is 0 Å². The second-order valence-electron chi connectivity index (χ2n) is 8.82. The van der Waals surface area contributed by atoms with E-state index in [2.05, 4.69) is 5.32 Å².